The van der Waals surface area contributed by atoms with Crippen LogP contribution < -0.4 is 10.6 Å². The van der Waals surface area contributed by atoms with Crippen molar-refractivity contribution in [3.05, 3.63) is 29.3 Å². The van der Waals surface area contributed by atoms with Gasteiger partial charge in [-0.15, -0.1) is 0 Å². The minimum atomic E-state index is -0.160. The van der Waals surface area contributed by atoms with E-state index in [1.165, 1.54) is 6.42 Å². The molecule has 1 aliphatic carbocycles. The van der Waals surface area contributed by atoms with E-state index in [9.17, 15) is 9.59 Å². The molecule has 0 heterocycles. The Morgan fingerprint density at radius 2 is 1.74 bits per heavy atom. The van der Waals surface area contributed by atoms with E-state index in [1.807, 2.05) is 0 Å². The van der Waals surface area contributed by atoms with Gasteiger partial charge in [-0.2, -0.15) is 0 Å². The molecule has 2 N–H and O–H groups in total. The van der Waals surface area contributed by atoms with Gasteiger partial charge in [-0.1, -0.05) is 38.3 Å². The van der Waals surface area contributed by atoms with Crippen LogP contribution in [0.25, 0.3) is 0 Å². The first-order chi connectivity index (χ1) is 11.0. The number of rotatable bonds is 5. The maximum absolute atomic E-state index is 12.1. The van der Waals surface area contributed by atoms with Crippen LogP contribution in [-0.4, -0.2) is 17.9 Å². The number of hydrogen-bond donors (Lipinski definition) is 2. The average molecular weight is 337 g/mol. The summed E-state index contributed by atoms with van der Waals surface area (Å²) in [5, 5.41) is 6.48. The third-order valence-corrected chi connectivity index (χ3v) is 5.01. The van der Waals surface area contributed by atoms with E-state index in [0.29, 0.717) is 22.5 Å². The van der Waals surface area contributed by atoms with Crippen LogP contribution in [0.15, 0.2) is 24.3 Å². The van der Waals surface area contributed by atoms with Crippen molar-refractivity contribution in [2.75, 3.05) is 5.32 Å². The maximum atomic E-state index is 12.1. The Hall–Kier alpha value is -1.55. The first-order valence-corrected chi connectivity index (χ1v) is 8.68. The minimum absolute atomic E-state index is 0.0396. The average Bonchev–Trinajstić information content (AvgIpc) is 2.52. The molecular formula is C18H25ClN2O2. The van der Waals surface area contributed by atoms with E-state index < -0.39 is 0 Å². The summed E-state index contributed by atoms with van der Waals surface area (Å²) in [6.45, 7) is 4.44. The predicted octanol–water partition coefficient (Wildman–Crippen LogP) is 4.00. The quantitative estimate of drug-likeness (QED) is 0.853. The lowest BCUT2D eigenvalue weighted by atomic mass is 9.78. The lowest BCUT2D eigenvalue weighted by Gasteiger charge is -2.34. The van der Waals surface area contributed by atoms with Crippen LogP contribution in [0.2, 0.25) is 5.02 Å². The zero-order chi connectivity index (χ0) is 16.8. The second-order valence-electron chi connectivity index (χ2n) is 6.50. The third-order valence-electron chi connectivity index (χ3n) is 4.76. The SMILES string of the molecule is C[C@H]1[C@@H](NC(=O)CCC(=O)Nc2ccc(Cl)cc2)CCC[C@@H]1C. The number of benzene rings is 1. The first-order valence-electron chi connectivity index (χ1n) is 8.30. The molecule has 0 aliphatic heterocycles. The largest absolute Gasteiger partial charge is 0.353 e. The number of anilines is 1. The van der Waals surface area contributed by atoms with E-state index in [-0.39, 0.29) is 30.7 Å². The van der Waals surface area contributed by atoms with Gasteiger partial charge in [0.2, 0.25) is 11.8 Å². The topological polar surface area (TPSA) is 58.2 Å². The Morgan fingerprint density at radius 3 is 2.43 bits per heavy atom. The van der Waals surface area contributed by atoms with Crippen molar-refractivity contribution >= 4 is 29.1 Å². The highest BCUT2D eigenvalue weighted by molar-refractivity contribution is 6.30. The minimum Gasteiger partial charge on any atom is -0.353 e. The summed E-state index contributed by atoms with van der Waals surface area (Å²) in [6.07, 6.45) is 3.83. The van der Waals surface area contributed by atoms with Crippen LogP contribution in [-0.2, 0) is 9.59 Å². The summed E-state index contributed by atoms with van der Waals surface area (Å²) in [6, 6.07) is 7.16. The monoisotopic (exact) mass is 336 g/mol. The van der Waals surface area contributed by atoms with Crippen molar-refractivity contribution in [1.82, 2.24) is 5.32 Å². The van der Waals surface area contributed by atoms with Gasteiger partial charge < -0.3 is 10.6 Å². The number of carbonyl (C=O) groups excluding carboxylic acids is 2. The van der Waals surface area contributed by atoms with E-state index in [2.05, 4.69) is 24.5 Å². The molecule has 0 spiro atoms. The molecule has 0 saturated heterocycles. The fourth-order valence-corrected chi connectivity index (χ4v) is 3.17. The molecule has 1 aromatic carbocycles. The Balaban J connectivity index is 1.73. The fraction of sp³-hybridized carbons (Fsp3) is 0.556. The van der Waals surface area contributed by atoms with Gasteiger partial charge in [0.05, 0.1) is 0 Å². The fourth-order valence-electron chi connectivity index (χ4n) is 3.05. The maximum Gasteiger partial charge on any atom is 0.224 e. The molecular weight excluding hydrogens is 312 g/mol. The molecule has 2 rings (SSSR count). The number of nitrogens with one attached hydrogen (secondary N) is 2. The van der Waals surface area contributed by atoms with Gasteiger partial charge >= 0.3 is 0 Å². The molecule has 126 valence electrons. The van der Waals surface area contributed by atoms with Crippen LogP contribution in [0, 0.1) is 11.8 Å². The molecule has 2 amide bonds. The van der Waals surface area contributed by atoms with Gasteiger partial charge in [0, 0.05) is 29.6 Å². The first kappa shape index (κ1) is 17.8. The van der Waals surface area contributed by atoms with Crippen molar-refractivity contribution in [2.24, 2.45) is 11.8 Å². The van der Waals surface area contributed by atoms with Crippen molar-refractivity contribution in [3.63, 3.8) is 0 Å². The number of hydrogen-bond acceptors (Lipinski definition) is 2. The third kappa shape index (κ3) is 5.54. The van der Waals surface area contributed by atoms with Gasteiger partial charge in [-0.3, -0.25) is 9.59 Å². The highest BCUT2D eigenvalue weighted by Gasteiger charge is 2.28. The molecule has 1 aromatic rings. The van der Waals surface area contributed by atoms with Gasteiger partial charge in [0.15, 0.2) is 0 Å². The van der Waals surface area contributed by atoms with Crippen molar-refractivity contribution in [2.45, 2.75) is 52.0 Å². The normalized spacial score (nSPS) is 24.0. The highest BCUT2D eigenvalue weighted by Crippen LogP contribution is 2.29. The van der Waals surface area contributed by atoms with Crippen LogP contribution in [0.4, 0.5) is 5.69 Å². The molecule has 3 atom stereocenters. The van der Waals surface area contributed by atoms with Crippen molar-refractivity contribution in [3.8, 4) is 0 Å². The summed E-state index contributed by atoms with van der Waals surface area (Å²) in [7, 11) is 0. The van der Waals surface area contributed by atoms with E-state index in [1.54, 1.807) is 24.3 Å². The Kier molecular flexibility index (Phi) is 6.46. The van der Waals surface area contributed by atoms with Crippen LogP contribution in [0.5, 0.6) is 0 Å². The number of amides is 2. The van der Waals surface area contributed by atoms with E-state index in [4.69, 9.17) is 11.6 Å². The van der Waals surface area contributed by atoms with Crippen molar-refractivity contribution < 1.29 is 9.59 Å². The van der Waals surface area contributed by atoms with Gasteiger partial charge in [0.25, 0.3) is 0 Å². The Morgan fingerprint density at radius 1 is 1.09 bits per heavy atom. The predicted molar refractivity (Wildman–Crippen MR) is 93.4 cm³/mol. The summed E-state index contributed by atoms with van der Waals surface area (Å²) < 4.78 is 0. The molecule has 1 fully saturated rings. The molecule has 0 radical (unpaired) electrons. The van der Waals surface area contributed by atoms with Gasteiger partial charge in [0.1, 0.15) is 0 Å². The molecule has 4 nitrogen and oxygen atoms in total. The second kappa shape index (κ2) is 8.34. The zero-order valence-electron chi connectivity index (χ0n) is 13.8. The van der Waals surface area contributed by atoms with E-state index in [0.717, 1.165) is 12.8 Å². The van der Waals surface area contributed by atoms with Gasteiger partial charge in [-0.25, -0.2) is 0 Å². The highest BCUT2D eigenvalue weighted by atomic mass is 35.5. The van der Waals surface area contributed by atoms with Crippen LogP contribution >= 0.6 is 11.6 Å². The van der Waals surface area contributed by atoms with Gasteiger partial charge in [-0.05, 0) is 42.5 Å². The standard InChI is InChI=1S/C18H25ClN2O2/c1-12-4-3-5-16(13(12)2)21-18(23)11-10-17(22)20-15-8-6-14(19)7-9-15/h6-9,12-13,16H,3-5,10-11H2,1-2H3,(H,20,22)(H,21,23)/t12-,13+,16-/m0/s1. The lowest BCUT2D eigenvalue weighted by molar-refractivity contribution is -0.125. The zero-order valence-corrected chi connectivity index (χ0v) is 14.5. The Bertz CT molecular complexity index is 544. The van der Waals surface area contributed by atoms with Crippen molar-refractivity contribution in [1.29, 1.82) is 0 Å². The molecule has 5 heteroatoms. The molecule has 0 aromatic heterocycles. The summed E-state index contributed by atoms with van der Waals surface area (Å²) >= 11 is 5.80. The summed E-state index contributed by atoms with van der Waals surface area (Å²) in [4.78, 5) is 23.9. The number of carbonyl (C=O) groups is 2. The molecule has 1 saturated carbocycles. The van der Waals surface area contributed by atoms with E-state index >= 15 is 0 Å². The van der Waals surface area contributed by atoms with Crippen LogP contribution in [0.3, 0.4) is 0 Å². The summed E-state index contributed by atoms with van der Waals surface area (Å²) in [5.41, 5.74) is 0.689. The molecule has 0 bridgehead atoms. The molecule has 23 heavy (non-hydrogen) atoms. The lowest BCUT2D eigenvalue weighted by Crippen LogP contribution is -2.43. The van der Waals surface area contributed by atoms with Crippen LogP contribution in [0.1, 0.15) is 46.0 Å². The second-order valence-corrected chi connectivity index (χ2v) is 6.93. The smallest absolute Gasteiger partial charge is 0.224 e. The number of halogens is 1. The summed E-state index contributed by atoms with van der Waals surface area (Å²) in [5.74, 6) is 0.938. The molecule has 0 unspecified atom stereocenters. The molecule has 1 aliphatic rings. The Labute approximate surface area is 143 Å².